The minimum absolute atomic E-state index is 0.0347. The van der Waals surface area contributed by atoms with Crippen molar-refractivity contribution in [2.75, 3.05) is 6.54 Å². The van der Waals surface area contributed by atoms with Gasteiger partial charge in [0.2, 0.25) is 5.91 Å². The van der Waals surface area contributed by atoms with E-state index < -0.39 is 0 Å². The van der Waals surface area contributed by atoms with Crippen molar-refractivity contribution in [1.82, 2.24) is 25.4 Å². The lowest BCUT2D eigenvalue weighted by atomic mass is 10.1. The smallest absolute Gasteiger partial charge is 0.237 e. The van der Waals surface area contributed by atoms with Crippen molar-refractivity contribution in [2.45, 2.75) is 32.0 Å². The monoisotopic (exact) mass is 285 g/mol. The molecule has 1 aliphatic rings. The van der Waals surface area contributed by atoms with E-state index in [1.54, 1.807) is 11.0 Å². The standard InChI is InChI=1S/C15H19N5O/c21-15(14-6-3-7-17-14)18-8-12-4-1-2-5-13(12)9-20-11-16-10-19-20/h1-2,4-5,10-11,14,17H,3,6-9H2,(H,18,21)/t14-/m0/s1. The predicted octanol–water partition coefficient (Wildman–Crippen LogP) is 0.695. The minimum atomic E-state index is -0.0347. The largest absolute Gasteiger partial charge is 0.351 e. The van der Waals surface area contributed by atoms with Crippen molar-refractivity contribution in [3.8, 4) is 0 Å². The van der Waals surface area contributed by atoms with Gasteiger partial charge in [-0.15, -0.1) is 0 Å². The Morgan fingerprint density at radius 2 is 2.24 bits per heavy atom. The van der Waals surface area contributed by atoms with Gasteiger partial charge >= 0.3 is 0 Å². The van der Waals surface area contributed by atoms with Crippen LogP contribution in [0.15, 0.2) is 36.9 Å². The third-order valence-corrected chi connectivity index (χ3v) is 3.75. The molecule has 6 heteroatoms. The third-order valence-electron chi connectivity index (χ3n) is 3.75. The topological polar surface area (TPSA) is 71.8 Å². The molecule has 0 saturated carbocycles. The van der Waals surface area contributed by atoms with Crippen LogP contribution in [0.5, 0.6) is 0 Å². The quantitative estimate of drug-likeness (QED) is 0.848. The second-order valence-electron chi connectivity index (χ2n) is 5.23. The summed E-state index contributed by atoms with van der Waals surface area (Å²) in [5, 5.41) is 10.3. The summed E-state index contributed by atoms with van der Waals surface area (Å²) in [6, 6.07) is 8.04. The van der Waals surface area contributed by atoms with E-state index in [0.29, 0.717) is 13.1 Å². The van der Waals surface area contributed by atoms with E-state index in [1.807, 2.05) is 18.2 Å². The summed E-state index contributed by atoms with van der Waals surface area (Å²) in [7, 11) is 0. The molecule has 2 heterocycles. The number of nitrogens with one attached hydrogen (secondary N) is 2. The molecule has 1 aromatic carbocycles. The Bertz CT molecular complexity index is 590. The van der Waals surface area contributed by atoms with Crippen LogP contribution >= 0.6 is 0 Å². The van der Waals surface area contributed by atoms with Crippen LogP contribution in [0.4, 0.5) is 0 Å². The molecule has 0 spiro atoms. The van der Waals surface area contributed by atoms with E-state index >= 15 is 0 Å². The number of carbonyl (C=O) groups is 1. The first kappa shape index (κ1) is 13.8. The molecule has 0 unspecified atom stereocenters. The van der Waals surface area contributed by atoms with Crippen LogP contribution in [0.25, 0.3) is 0 Å². The molecule has 21 heavy (non-hydrogen) atoms. The number of hydrogen-bond acceptors (Lipinski definition) is 4. The van der Waals surface area contributed by atoms with E-state index in [4.69, 9.17) is 0 Å². The number of benzene rings is 1. The molecule has 1 atom stereocenters. The molecule has 1 fully saturated rings. The zero-order valence-electron chi connectivity index (χ0n) is 11.8. The van der Waals surface area contributed by atoms with Crippen molar-refractivity contribution >= 4 is 5.91 Å². The highest BCUT2D eigenvalue weighted by atomic mass is 16.2. The molecule has 1 aliphatic heterocycles. The fraction of sp³-hybridized carbons (Fsp3) is 0.400. The van der Waals surface area contributed by atoms with Crippen LogP contribution in [0.3, 0.4) is 0 Å². The summed E-state index contributed by atoms with van der Waals surface area (Å²) in [6.45, 7) is 2.14. The van der Waals surface area contributed by atoms with Crippen molar-refractivity contribution in [3.05, 3.63) is 48.0 Å². The van der Waals surface area contributed by atoms with Gasteiger partial charge in [-0.2, -0.15) is 5.10 Å². The first-order valence-corrected chi connectivity index (χ1v) is 7.23. The molecular weight excluding hydrogens is 266 g/mol. The highest BCUT2D eigenvalue weighted by molar-refractivity contribution is 5.82. The fourth-order valence-electron chi connectivity index (χ4n) is 2.59. The van der Waals surface area contributed by atoms with Crippen LogP contribution in [0.1, 0.15) is 24.0 Å². The summed E-state index contributed by atoms with van der Waals surface area (Å²) in [4.78, 5) is 16.0. The molecule has 2 N–H and O–H groups in total. The van der Waals surface area contributed by atoms with Crippen LogP contribution in [0.2, 0.25) is 0 Å². The molecule has 2 aromatic rings. The van der Waals surface area contributed by atoms with Gasteiger partial charge in [-0.25, -0.2) is 9.67 Å². The number of hydrogen-bond donors (Lipinski definition) is 2. The molecule has 1 aromatic heterocycles. The van der Waals surface area contributed by atoms with Crippen molar-refractivity contribution in [1.29, 1.82) is 0 Å². The molecular formula is C15H19N5O. The van der Waals surface area contributed by atoms with Gasteiger partial charge in [0.05, 0.1) is 12.6 Å². The lowest BCUT2D eigenvalue weighted by molar-refractivity contribution is -0.122. The Morgan fingerprint density at radius 1 is 1.38 bits per heavy atom. The lowest BCUT2D eigenvalue weighted by Gasteiger charge is -2.13. The van der Waals surface area contributed by atoms with Gasteiger partial charge in [-0.05, 0) is 30.5 Å². The number of rotatable bonds is 5. The van der Waals surface area contributed by atoms with Crippen LogP contribution in [-0.2, 0) is 17.9 Å². The van der Waals surface area contributed by atoms with Gasteiger partial charge < -0.3 is 10.6 Å². The molecule has 1 amide bonds. The van der Waals surface area contributed by atoms with E-state index in [-0.39, 0.29) is 11.9 Å². The average molecular weight is 285 g/mol. The van der Waals surface area contributed by atoms with Gasteiger partial charge in [0.15, 0.2) is 0 Å². The summed E-state index contributed by atoms with van der Waals surface area (Å²) < 4.78 is 1.78. The van der Waals surface area contributed by atoms with Crippen LogP contribution in [0, 0.1) is 0 Å². The van der Waals surface area contributed by atoms with Crippen molar-refractivity contribution < 1.29 is 4.79 Å². The number of aromatic nitrogens is 3. The van der Waals surface area contributed by atoms with Crippen LogP contribution in [-0.4, -0.2) is 33.3 Å². The second kappa shape index (κ2) is 6.49. The van der Waals surface area contributed by atoms with E-state index in [9.17, 15) is 4.79 Å². The van der Waals surface area contributed by atoms with E-state index in [1.165, 1.54) is 6.33 Å². The molecule has 110 valence electrons. The summed E-state index contributed by atoms with van der Waals surface area (Å²) in [6.07, 6.45) is 5.21. The zero-order chi connectivity index (χ0) is 14.5. The van der Waals surface area contributed by atoms with E-state index in [0.717, 1.165) is 30.5 Å². The highest BCUT2D eigenvalue weighted by Gasteiger charge is 2.21. The van der Waals surface area contributed by atoms with Crippen molar-refractivity contribution in [3.63, 3.8) is 0 Å². The second-order valence-corrected chi connectivity index (χ2v) is 5.23. The molecule has 6 nitrogen and oxygen atoms in total. The Labute approximate surface area is 123 Å². The van der Waals surface area contributed by atoms with Gasteiger partial charge in [0.1, 0.15) is 12.7 Å². The Kier molecular flexibility index (Phi) is 4.25. The normalized spacial score (nSPS) is 17.8. The SMILES string of the molecule is O=C(NCc1ccccc1Cn1cncn1)[C@@H]1CCCN1. The van der Waals surface area contributed by atoms with Crippen molar-refractivity contribution in [2.24, 2.45) is 0 Å². The summed E-state index contributed by atoms with van der Waals surface area (Å²) in [5.41, 5.74) is 2.25. The molecule has 0 radical (unpaired) electrons. The minimum Gasteiger partial charge on any atom is -0.351 e. The molecule has 3 rings (SSSR count). The molecule has 0 aliphatic carbocycles. The first-order chi connectivity index (χ1) is 10.3. The zero-order valence-corrected chi connectivity index (χ0v) is 11.8. The number of carbonyl (C=O) groups excluding carboxylic acids is 1. The predicted molar refractivity (Wildman–Crippen MR) is 78.4 cm³/mol. The third kappa shape index (κ3) is 3.46. The number of amides is 1. The highest BCUT2D eigenvalue weighted by Crippen LogP contribution is 2.11. The van der Waals surface area contributed by atoms with Gasteiger partial charge in [-0.1, -0.05) is 24.3 Å². The Balaban J connectivity index is 1.63. The molecule has 1 saturated heterocycles. The van der Waals surface area contributed by atoms with Crippen LogP contribution < -0.4 is 10.6 Å². The maximum atomic E-state index is 12.0. The van der Waals surface area contributed by atoms with E-state index in [2.05, 4.69) is 26.8 Å². The van der Waals surface area contributed by atoms with Gasteiger partial charge in [0, 0.05) is 6.54 Å². The first-order valence-electron chi connectivity index (χ1n) is 7.23. The summed E-state index contributed by atoms with van der Waals surface area (Å²) >= 11 is 0. The molecule has 0 bridgehead atoms. The van der Waals surface area contributed by atoms with Gasteiger partial charge in [0.25, 0.3) is 0 Å². The summed E-state index contributed by atoms with van der Waals surface area (Å²) in [5.74, 6) is 0.0862. The maximum Gasteiger partial charge on any atom is 0.237 e. The maximum absolute atomic E-state index is 12.0. The Hall–Kier alpha value is -2.21. The Morgan fingerprint density at radius 3 is 2.95 bits per heavy atom. The number of nitrogens with zero attached hydrogens (tertiary/aromatic N) is 3. The fourth-order valence-corrected chi connectivity index (χ4v) is 2.59. The average Bonchev–Trinajstić information content (AvgIpc) is 3.19. The lowest BCUT2D eigenvalue weighted by Crippen LogP contribution is -2.40. The van der Waals surface area contributed by atoms with Gasteiger partial charge in [-0.3, -0.25) is 4.79 Å².